The van der Waals surface area contributed by atoms with Gasteiger partial charge in [0.15, 0.2) is 0 Å². The third-order valence-corrected chi connectivity index (χ3v) is 6.34. The molecule has 1 fully saturated rings. The number of benzene rings is 2. The molecule has 4 heteroatoms. The van der Waals surface area contributed by atoms with Gasteiger partial charge in [-0.2, -0.15) is 0 Å². The molecule has 4 nitrogen and oxygen atoms in total. The number of hydrogen-bond acceptors (Lipinski definition) is 2. The number of likely N-dealkylation sites (tertiary alicyclic amines) is 1. The maximum Gasteiger partial charge on any atom is 0.254 e. The SMILES string of the molecule is Cc1ccccc1C(=O)N1CCCC(C(=O)Nc2cccc(C(C)(C)C)c2)C1C(C)C. The highest BCUT2D eigenvalue weighted by Gasteiger charge is 2.40. The Morgan fingerprint density at radius 1 is 1.06 bits per heavy atom. The van der Waals surface area contributed by atoms with E-state index in [0.29, 0.717) is 6.54 Å². The molecule has 1 saturated heterocycles. The molecule has 0 aliphatic carbocycles. The third-order valence-electron chi connectivity index (χ3n) is 6.34. The van der Waals surface area contributed by atoms with Gasteiger partial charge in [-0.25, -0.2) is 0 Å². The predicted octanol–water partition coefficient (Wildman–Crippen LogP) is 5.81. The second kappa shape index (κ2) is 9.25. The molecule has 0 bridgehead atoms. The summed E-state index contributed by atoms with van der Waals surface area (Å²) in [5.41, 5.74) is 3.73. The predicted molar refractivity (Wildman–Crippen MR) is 127 cm³/mol. The zero-order chi connectivity index (χ0) is 22.8. The van der Waals surface area contributed by atoms with Crippen LogP contribution >= 0.6 is 0 Å². The molecule has 0 radical (unpaired) electrons. The zero-order valence-corrected chi connectivity index (χ0v) is 19.7. The van der Waals surface area contributed by atoms with E-state index >= 15 is 0 Å². The van der Waals surface area contributed by atoms with Crippen molar-refractivity contribution in [2.24, 2.45) is 11.8 Å². The Kier molecular flexibility index (Phi) is 6.88. The number of nitrogens with zero attached hydrogens (tertiary/aromatic N) is 1. The molecule has 1 heterocycles. The molecule has 166 valence electrons. The molecule has 1 aliphatic rings. The van der Waals surface area contributed by atoms with Crippen molar-refractivity contribution in [1.29, 1.82) is 0 Å². The van der Waals surface area contributed by atoms with Gasteiger partial charge in [0.05, 0.1) is 5.92 Å². The summed E-state index contributed by atoms with van der Waals surface area (Å²) in [7, 11) is 0. The number of carbonyl (C=O) groups is 2. The summed E-state index contributed by atoms with van der Waals surface area (Å²) in [6.45, 7) is 13.4. The van der Waals surface area contributed by atoms with Crippen LogP contribution in [0.4, 0.5) is 5.69 Å². The van der Waals surface area contributed by atoms with Crippen molar-refractivity contribution in [2.75, 3.05) is 11.9 Å². The quantitative estimate of drug-likeness (QED) is 0.679. The average molecular weight is 421 g/mol. The molecule has 1 N–H and O–H groups in total. The fraction of sp³-hybridized carbons (Fsp3) is 0.481. The number of anilines is 1. The molecule has 0 saturated carbocycles. The first-order chi connectivity index (χ1) is 14.6. The number of amides is 2. The van der Waals surface area contributed by atoms with Crippen molar-refractivity contribution in [1.82, 2.24) is 4.90 Å². The van der Waals surface area contributed by atoms with Crippen LogP contribution in [0.1, 0.15) is 68.9 Å². The summed E-state index contributed by atoms with van der Waals surface area (Å²) in [6, 6.07) is 15.7. The lowest BCUT2D eigenvalue weighted by molar-refractivity contribution is -0.123. The lowest BCUT2D eigenvalue weighted by Gasteiger charge is -2.43. The van der Waals surface area contributed by atoms with Crippen molar-refractivity contribution in [3.8, 4) is 0 Å². The van der Waals surface area contributed by atoms with Crippen LogP contribution < -0.4 is 5.32 Å². The van der Waals surface area contributed by atoms with Crippen molar-refractivity contribution < 1.29 is 9.59 Å². The smallest absolute Gasteiger partial charge is 0.254 e. The lowest BCUT2D eigenvalue weighted by Crippen LogP contribution is -2.54. The van der Waals surface area contributed by atoms with Gasteiger partial charge in [-0.1, -0.05) is 65.0 Å². The molecule has 1 aliphatic heterocycles. The highest BCUT2D eigenvalue weighted by molar-refractivity contribution is 5.97. The van der Waals surface area contributed by atoms with Crippen LogP contribution in [-0.4, -0.2) is 29.3 Å². The first-order valence-electron chi connectivity index (χ1n) is 11.4. The standard InChI is InChI=1S/C27H36N2O2/c1-18(2)24-23(25(30)28-21-13-9-12-20(17-21)27(4,5)6)15-10-16-29(24)26(31)22-14-8-7-11-19(22)3/h7-9,11-14,17-18,23-24H,10,15-16H2,1-6H3,(H,28,30). The van der Waals surface area contributed by atoms with Gasteiger partial charge >= 0.3 is 0 Å². The minimum Gasteiger partial charge on any atom is -0.335 e. The Bertz CT molecular complexity index is 942. The van der Waals surface area contributed by atoms with Gasteiger partial charge in [0, 0.05) is 23.8 Å². The van der Waals surface area contributed by atoms with Gasteiger partial charge in [0.25, 0.3) is 5.91 Å². The fourth-order valence-electron chi connectivity index (χ4n) is 4.63. The molecule has 2 amide bonds. The van der Waals surface area contributed by atoms with Crippen molar-refractivity contribution in [3.05, 3.63) is 65.2 Å². The Hall–Kier alpha value is -2.62. The fourth-order valence-corrected chi connectivity index (χ4v) is 4.63. The van der Waals surface area contributed by atoms with Crippen LogP contribution in [-0.2, 0) is 10.2 Å². The summed E-state index contributed by atoms with van der Waals surface area (Å²) < 4.78 is 0. The van der Waals surface area contributed by atoms with Crippen LogP contribution in [0.15, 0.2) is 48.5 Å². The summed E-state index contributed by atoms with van der Waals surface area (Å²) in [4.78, 5) is 28.7. The van der Waals surface area contributed by atoms with Gasteiger partial charge in [0.2, 0.25) is 5.91 Å². The van der Waals surface area contributed by atoms with Crippen LogP contribution in [0.3, 0.4) is 0 Å². The van der Waals surface area contributed by atoms with E-state index in [0.717, 1.165) is 29.7 Å². The minimum atomic E-state index is -0.222. The second-order valence-electron chi connectivity index (χ2n) is 10.1. The van der Waals surface area contributed by atoms with E-state index in [1.807, 2.05) is 48.2 Å². The molecular formula is C27H36N2O2. The topological polar surface area (TPSA) is 49.4 Å². The molecule has 2 aromatic carbocycles. The molecule has 31 heavy (non-hydrogen) atoms. The average Bonchev–Trinajstić information content (AvgIpc) is 2.72. The number of hydrogen-bond donors (Lipinski definition) is 1. The molecule has 2 unspecified atom stereocenters. The maximum atomic E-state index is 13.4. The van der Waals surface area contributed by atoms with E-state index in [9.17, 15) is 9.59 Å². The molecular weight excluding hydrogens is 384 g/mol. The van der Waals surface area contributed by atoms with Gasteiger partial charge < -0.3 is 10.2 Å². The van der Waals surface area contributed by atoms with E-state index in [4.69, 9.17) is 0 Å². The first kappa shape index (κ1) is 23.1. The van der Waals surface area contributed by atoms with E-state index in [1.54, 1.807) is 0 Å². The minimum absolute atomic E-state index is 0.00652. The molecule has 2 aromatic rings. The highest BCUT2D eigenvalue weighted by Crippen LogP contribution is 2.32. The van der Waals surface area contributed by atoms with E-state index in [-0.39, 0.29) is 35.1 Å². The molecule has 2 atom stereocenters. The molecule has 3 rings (SSSR count). The highest BCUT2D eigenvalue weighted by atomic mass is 16.2. The van der Waals surface area contributed by atoms with Crippen LogP contribution in [0.25, 0.3) is 0 Å². The Labute approximate surface area is 187 Å². The number of nitrogens with one attached hydrogen (secondary N) is 1. The Balaban J connectivity index is 1.84. The van der Waals surface area contributed by atoms with Gasteiger partial charge in [-0.3, -0.25) is 9.59 Å². The van der Waals surface area contributed by atoms with E-state index in [2.05, 4.69) is 52.1 Å². The van der Waals surface area contributed by atoms with Crippen molar-refractivity contribution in [2.45, 2.75) is 65.8 Å². The molecule has 0 spiro atoms. The number of rotatable bonds is 4. The first-order valence-corrected chi connectivity index (χ1v) is 11.4. The van der Waals surface area contributed by atoms with Gasteiger partial charge in [-0.05, 0) is 60.4 Å². The van der Waals surface area contributed by atoms with Crippen molar-refractivity contribution >= 4 is 17.5 Å². The van der Waals surface area contributed by atoms with Crippen LogP contribution in [0.2, 0.25) is 0 Å². The number of aryl methyl sites for hydroxylation is 1. The monoisotopic (exact) mass is 420 g/mol. The molecule has 0 aromatic heterocycles. The van der Waals surface area contributed by atoms with Crippen LogP contribution in [0.5, 0.6) is 0 Å². The Morgan fingerprint density at radius 3 is 2.42 bits per heavy atom. The third kappa shape index (κ3) is 5.17. The number of piperidine rings is 1. The summed E-state index contributed by atoms with van der Waals surface area (Å²) >= 11 is 0. The second-order valence-corrected chi connectivity index (χ2v) is 10.1. The summed E-state index contributed by atoms with van der Waals surface area (Å²) in [5.74, 6) is 0.000937. The summed E-state index contributed by atoms with van der Waals surface area (Å²) in [5, 5.41) is 3.14. The van der Waals surface area contributed by atoms with Gasteiger partial charge in [0.1, 0.15) is 0 Å². The maximum absolute atomic E-state index is 13.4. The van der Waals surface area contributed by atoms with E-state index < -0.39 is 0 Å². The van der Waals surface area contributed by atoms with E-state index in [1.165, 1.54) is 5.56 Å². The summed E-state index contributed by atoms with van der Waals surface area (Å²) in [6.07, 6.45) is 1.63. The lowest BCUT2D eigenvalue weighted by atomic mass is 9.81. The van der Waals surface area contributed by atoms with Crippen LogP contribution in [0, 0.1) is 18.8 Å². The van der Waals surface area contributed by atoms with Gasteiger partial charge in [-0.15, -0.1) is 0 Å². The number of carbonyl (C=O) groups excluding carboxylic acids is 2. The zero-order valence-electron chi connectivity index (χ0n) is 19.7. The van der Waals surface area contributed by atoms with Crippen molar-refractivity contribution in [3.63, 3.8) is 0 Å². The normalized spacial score (nSPS) is 19.4. The Morgan fingerprint density at radius 2 is 1.77 bits per heavy atom. The largest absolute Gasteiger partial charge is 0.335 e.